The summed E-state index contributed by atoms with van der Waals surface area (Å²) in [6.45, 7) is 1.82. The van der Waals surface area contributed by atoms with E-state index < -0.39 is 23.9 Å². The van der Waals surface area contributed by atoms with E-state index >= 15 is 0 Å². The molecule has 1 aliphatic rings. The molecule has 0 aliphatic carbocycles. The third kappa shape index (κ3) is 3.49. The number of halogens is 1. The summed E-state index contributed by atoms with van der Waals surface area (Å²) in [4.78, 5) is 23.9. The second-order valence-corrected chi connectivity index (χ2v) is 5.56. The van der Waals surface area contributed by atoms with E-state index in [4.69, 9.17) is 26.8 Å². The van der Waals surface area contributed by atoms with Crippen LogP contribution in [0.3, 0.4) is 0 Å². The minimum Gasteiger partial charge on any atom is -0.493 e. The van der Waals surface area contributed by atoms with Crippen LogP contribution in [0.5, 0.6) is 11.5 Å². The maximum Gasteiger partial charge on any atom is 0.251 e. The van der Waals surface area contributed by atoms with Gasteiger partial charge in [0.1, 0.15) is 6.04 Å². The molecule has 3 unspecified atom stereocenters. The zero-order chi connectivity index (χ0) is 17.1. The molecule has 3 atom stereocenters. The molecule has 2 rings (SSSR count). The number of nitrogens with one attached hydrogen (secondary N) is 3. The van der Waals surface area contributed by atoms with Crippen LogP contribution in [0.1, 0.15) is 17.3 Å². The average Bonchev–Trinajstić information content (AvgIpc) is 2.87. The van der Waals surface area contributed by atoms with Crippen LogP contribution in [0.25, 0.3) is 0 Å². The van der Waals surface area contributed by atoms with Crippen LogP contribution < -0.4 is 31.4 Å². The fourth-order valence-electron chi connectivity index (χ4n) is 2.43. The van der Waals surface area contributed by atoms with E-state index in [1.165, 1.54) is 26.4 Å². The van der Waals surface area contributed by atoms with Gasteiger partial charge in [-0.3, -0.25) is 15.0 Å². The Labute approximate surface area is 138 Å². The lowest BCUT2D eigenvalue weighted by molar-refractivity contribution is -0.120. The molecule has 1 heterocycles. The van der Waals surface area contributed by atoms with Gasteiger partial charge in [0.15, 0.2) is 11.5 Å². The van der Waals surface area contributed by atoms with Crippen molar-refractivity contribution in [3.63, 3.8) is 0 Å². The van der Waals surface area contributed by atoms with Gasteiger partial charge in [-0.15, -0.1) is 0 Å². The van der Waals surface area contributed by atoms with Crippen molar-refractivity contribution >= 4 is 23.4 Å². The number of hydrogen-bond donors (Lipinski definition) is 4. The maximum absolute atomic E-state index is 12.5. The SMILES string of the molecule is COc1cc(C(=O)NC2C(C)NNC2C(N)=O)cc(Cl)c1OC. The van der Waals surface area contributed by atoms with Crippen LogP contribution in [0.4, 0.5) is 0 Å². The Bertz CT molecular complexity index is 625. The third-order valence-corrected chi connectivity index (χ3v) is 3.95. The zero-order valence-corrected chi connectivity index (χ0v) is 13.7. The highest BCUT2D eigenvalue weighted by Crippen LogP contribution is 2.36. The molecule has 2 amide bonds. The molecule has 1 aliphatic heterocycles. The molecule has 1 saturated heterocycles. The van der Waals surface area contributed by atoms with Crippen LogP contribution in [0, 0.1) is 0 Å². The van der Waals surface area contributed by atoms with Crippen LogP contribution >= 0.6 is 11.6 Å². The van der Waals surface area contributed by atoms with Crippen molar-refractivity contribution in [2.24, 2.45) is 5.73 Å². The topological polar surface area (TPSA) is 115 Å². The highest BCUT2D eigenvalue weighted by molar-refractivity contribution is 6.32. The van der Waals surface area contributed by atoms with Gasteiger partial charge in [0.05, 0.1) is 25.3 Å². The van der Waals surface area contributed by atoms with Crippen molar-refractivity contribution in [3.05, 3.63) is 22.7 Å². The van der Waals surface area contributed by atoms with Gasteiger partial charge >= 0.3 is 0 Å². The summed E-state index contributed by atoms with van der Waals surface area (Å²) in [6, 6.07) is 1.61. The van der Waals surface area contributed by atoms with Gasteiger partial charge in [0.25, 0.3) is 5.91 Å². The molecular weight excluding hydrogens is 324 g/mol. The summed E-state index contributed by atoms with van der Waals surface area (Å²) >= 11 is 6.10. The zero-order valence-electron chi connectivity index (χ0n) is 13.0. The molecule has 9 heteroatoms. The lowest BCUT2D eigenvalue weighted by Gasteiger charge is -2.20. The molecule has 0 saturated carbocycles. The molecule has 0 radical (unpaired) electrons. The highest BCUT2D eigenvalue weighted by Gasteiger charge is 2.37. The Hall–Kier alpha value is -2.03. The van der Waals surface area contributed by atoms with Crippen molar-refractivity contribution in [1.82, 2.24) is 16.2 Å². The Morgan fingerprint density at radius 1 is 1.26 bits per heavy atom. The fourth-order valence-corrected chi connectivity index (χ4v) is 2.72. The van der Waals surface area contributed by atoms with Crippen molar-refractivity contribution in [2.75, 3.05) is 14.2 Å². The summed E-state index contributed by atoms with van der Waals surface area (Å²) in [5, 5.41) is 3.02. The first kappa shape index (κ1) is 17.3. The number of nitrogens with two attached hydrogens (primary N) is 1. The van der Waals surface area contributed by atoms with Crippen LogP contribution in [0.15, 0.2) is 12.1 Å². The lowest BCUT2D eigenvalue weighted by atomic mass is 10.0. The van der Waals surface area contributed by atoms with E-state index in [9.17, 15) is 9.59 Å². The Balaban J connectivity index is 2.24. The number of benzene rings is 1. The predicted octanol–water partition coefficient (Wildman–Crippen LogP) is -0.194. The second kappa shape index (κ2) is 7.03. The first-order valence-corrected chi connectivity index (χ1v) is 7.29. The van der Waals surface area contributed by atoms with Gasteiger partial charge in [-0.2, -0.15) is 0 Å². The Morgan fingerprint density at radius 3 is 2.52 bits per heavy atom. The van der Waals surface area contributed by atoms with E-state index in [0.717, 1.165) is 0 Å². The summed E-state index contributed by atoms with van der Waals surface area (Å²) in [5.74, 6) is -0.274. The number of carbonyl (C=O) groups excluding carboxylic acids is 2. The molecule has 126 valence electrons. The van der Waals surface area contributed by atoms with Gasteiger partial charge in [-0.05, 0) is 19.1 Å². The first-order chi connectivity index (χ1) is 10.9. The quantitative estimate of drug-likeness (QED) is 0.589. The van der Waals surface area contributed by atoms with Crippen molar-refractivity contribution in [3.8, 4) is 11.5 Å². The smallest absolute Gasteiger partial charge is 0.251 e. The number of rotatable bonds is 5. The number of hydrazine groups is 1. The largest absolute Gasteiger partial charge is 0.493 e. The van der Waals surface area contributed by atoms with Gasteiger partial charge < -0.3 is 20.5 Å². The molecule has 8 nitrogen and oxygen atoms in total. The van der Waals surface area contributed by atoms with E-state index in [1.807, 2.05) is 6.92 Å². The Kier molecular flexibility index (Phi) is 5.30. The molecular formula is C14H19ClN4O4. The second-order valence-electron chi connectivity index (χ2n) is 5.15. The molecule has 1 aromatic carbocycles. The number of ether oxygens (including phenoxy) is 2. The highest BCUT2D eigenvalue weighted by atomic mass is 35.5. The van der Waals surface area contributed by atoms with Gasteiger partial charge in [0, 0.05) is 11.6 Å². The van der Waals surface area contributed by atoms with Crippen molar-refractivity contribution in [2.45, 2.75) is 25.0 Å². The van der Waals surface area contributed by atoms with E-state index in [2.05, 4.69) is 16.2 Å². The van der Waals surface area contributed by atoms with Crippen molar-refractivity contribution in [1.29, 1.82) is 0 Å². The lowest BCUT2D eigenvalue weighted by Crippen LogP contribution is -2.52. The van der Waals surface area contributed by atoms with Gasteiger partial charge in [-0.25, -0.2) is 5.43 Å². The Morgan fingerprint density at radius 2 is 1.96 bits per heavy atom. The van der Waals surface area contributed by atoms with Gasteiger partial charge in [-0.1, -0.05) is 11.6 Å². The number of methoxy groups -OCH3 is 2. The minimum atomic E-state index is -0.704. The van der Waals surface area contributed by atoms with Crippen LogP contribution in [0.2, 0.25) is 5.02 Å². The molecule has 0 aromatic heterocycles. The van der Waals surface area contributed by atoms with E-state index in [0.29, 0.717) is 11.5 Å². The number of primary amides is 1. The standard InChI is InChI=1S/C14H19ClN4O4/c1-6-10(11(13(16)20)19-18-6)17-14(21)7-4-8(15)12(23-3)9(5-7)22-2/h4-6,10-11,18-19H,1-3H3,(H2,16,20)(H,17,21). The monoisotopic (exact) mass is 342 g/mol. The maximum atomic E-state index is 12.5. The molecule has 1 fully saturated rings. The van der Waals surface area contributed by atoms with E-state index in [-0.39, 0.29) is 16.6 Å². The fraction of sp³-hybridized carbons (Fsp3) is 0.429. The predicted molar refractivity (Wildman–Crippen MR) is 84.5 cm³/mol. The van der Waals surface area contributed by atoms with Gasteiger partial charge in [0.2, 0.25) is 5.91 Å². The normalized spacial score (nSPS) is 23.4. The molecule has 5 N–H and O–H groups in total. The van der Waals surface area contributed by atoms with Crippen LogP contribution in [-0.4, -0.2) is 44.2 Å². The minimum absolute atomic E-state index is 0.174. The van der Waals surface area contributed by atoms with Crippen molar-refractivity contribution < 1.29 is 19.1 Å². The molecule has 0 bridgehead atoms. The number of amides is 2. The molecule has 0 spiro atoms. The number of carbonyl (C=O) groups is 2. The number of hydrogen-bond acceptors (Lipinski definition) is 6. The summed E-state index contributed by atoms with van der Waals surface area (Å²) in [7, 11) is 2.91. The summed E-state index contributed by atoms with van der Waals surface area (Å²) in [5.41, 5.74) is 11.2. The first-order valence-electron chi connectivity index (χ1n) is 6.91. The average molecular weight is 343 g/mol. The summed E-state index contributed by atoms with van der Waals surface area (Å²) in [6.07, 6.45) is 0. The third-order valence-electron chi connectivity index (χ3n) is 3.66. The summed E-state index contributed by atoms with van der Waals surface area (Å²) < 4.78 is 10.3. The molecule has 1 aromatic rings. The van der Waals surface area contributed by atoms with E-state index in [1.54, 1.807) is 0 Å². The van der Waals surface area contributed by atoms with Crippen LogP contribution in [-0.2, 0) is 4.79 Å². The molecule has 23 heavy (non-hydrogen) atoms.